The summed E-state index contributed by atoms with van der Waals surface area (Å²) in [6.07, 6.45) is 1.07. The second kappa shape index (κ2) is 7.36. The van der Waals surface area contributed by atoms with Gasteiger partial charge in [-0.1, -0.05) is 19.1 Å². The van der Waals surface area contributed by atoms with Gasteiger partial charge >= 0.3 is 0 Å². The van der Waals surface area contributed by atoms with Gasteiger partial charge in [-0.2, -0.15) is 0 Å². The molecule has 0 fully saturated rings. The summed E-state index contributed by atoms with van der Waals surface area (Å²) in [4.78, 5) is 0. The van der Waals surface area contributed by atoms with Crippen LogP contribution in [0.3, 0.4) is 0 Å². The van der Waals surface area contributed by atoms with E-state index in [1.54, 1.807) is 6.07 Å². The fourth-order valence-corrected chi connectivity index (χ4v) is 1.53. The topological polar surface area (TPSA) is 24.1 Å². The van der Waals surface area contributed by atoms with Crippen molar-refractivity contribution in [1.29, 1.82) is 0 Å². The van der Waals surface area contributed by atoms with Crippen LogP contribution in [0.15, 0.2) is 18.2 Å². The van der Waals surface area contributed by atoms with Crippen LogP contribution in [-0.4, -0.2) is 19.6 Å². The van der Waals surface area contributed by atoms with Crippen molar-refractivity contribution in [2.75, 3.05) is 19.6 Å². The second-order valence-electron chi connectivity index (χ2n) is 3.98. The van der Waals surface area contributed by atoms with Crippen molar-refractivity contribution < 1.29 is 4.39 Å². The highest BCUT2D eigenvalue weighted by Crippen LogP contribution is 2.09. The molecular weight excluding hydrogens is 203 g/mol. The summed E-state index contributed by atoms with van der Waals surface area (Å²) in [6.45, 7) is 7.54. The highest BCUT2D eigenvalue weighted by atomic mass is 19.1. The van der Waals surface area contributed by atoms with Crippen molar-refractivity contribution in [3.05, 3.63) is 35.1 Å². The molecule has 0 aliphatic heterocycles. The molecule has 0 aromatic heterocycles. The second-order valence-corrected chi connectivity index (χ2v) is 3.98. The molecule has 0 aliphatic carbocycles. The number of hydrogen-bond acceptors (Lipinski definition) is 2. The molecule has 0 amide bonds. The number of nitrogens with one attached hydrogen (secondary N) is 2. The summed E-state index contributed by atoms with van der Waals surface area (Å²) >= 11 is 0. The lowest BCUT2D eigenvalue weighted by molar-refractivity contribution is 0.571. The van der Waals surface area contributed by atoms with Gasteiger partial charge in [-0.05, 0) is 44.6 Å². The van der Waals surface area contributed by atoms with Crippen molar-refractivity contribution in [3.8, 4) is 0 Å². The zero-order valence-corrected chi connectivity index (χ0v) is 10.1. The summed E-state index contributed by atoms with van der Waals surface area (Å²) in [5.41, 5.74) is 1.71. The third-order valence-corrected chi connectivity index (χ3v) is 2.48. The van der Waals surface area contributed by atoms with Crippen LogP contribution in [-0.2, 0) is 6.54 Å². The summed E-state index contributed by atoms with van der Waals surface area (Å²) in [5, 5.41) is 6.49. The zero-order chi connectivity index (χ0) is 11.8. The average molecular weight is 224 g/mol. The fourth-order valence-electron chi connectivity index (χ4n) is 1.53. The molecule has 0 spiro atoms. The third-order valence-electron chi connectivity index (χ3n) is 2.48. The molecule has 90 valence electrons. The smallest absolute Gasteiger partial charge is 0.127 e. The molecule has 1 aromatic carbocycles. The molecule has 0 radical (unpaired) electrons. The van der Waals surface area contributed by atoms with Crippen LogP contribution in [0.1, 0.15) is 24.5 Å². The van der Waals surface area contributed by atoms with E-state index in [9.17, 15) is 4.39 Å². The Labute approximate surface area is 97.3 Å². The number of aryl methyl sites for hydroxylation is 1. The van der Waals surface area contributed by atoms with Gasteiger partial charge in [-0.15, -0.1) is 0 Å². The summed E-state index contributed by atoms with van der Waals surface area (Å²) in [7, 11) is 0. The SMILES string of the molecule is CCNCCCNCc1ccc(C)cc1F. The van der Waals surface area contributed by atoms with Crippen molar-refractivity contribution >= 4 is 0 Å². The van der Waals surface area contributed by atoms with E-state index in [-0.39, 0.29) is 5.82 Å². The molecule has 16 heavy (non-hydrogen) atoms. The number of halogens is 1. The molecule has 1 aromatic rings. The Morgan fingerprint density at radius 3 is 2.62 bits per heavy atom. The summed E-state index contributed by atoms with van der Waals surface area (Å²) in [5.74, 6) is -0.112. The van der Waals surface area contributed by atoms with Crippen LogP contribution in [0, 0.1) is 12.7 Å². The molecule has 0 aliphatic rings. The van der Waals surface area contributed by atoms with Gasteiger partial charge in [-0.3, -0.25) is 0 Å². The molecule has 0 heterocycles. The van der Waals surface area contributed by atoms with Gasteiger partial charge in [0.2, 0.25) is 0 Å². The number of benzene rings is 1. The van der Waals surface area contributed by atoms with E-state index in [2.05, 4.69) is 17.6 Å². The Bertz CT molecular complexity index is 313. The predicted octanol–water partition coefficient (Wildman–Crippen LogP) is 2.22. The third kappa shape index (κ3) is 4.73. The quantitative estimate of drug-likeness (QED) is 0.694. The Hall–Kier alpha value is -0.930. The minimum atomic E-state index is -0.112. The Morgan fingerprint density at radius 2 is 1.94 bits per heavy atom. The van der Waals surface area contributed by atoms with Crippen LogP contribution >= 0.6 is 0 Å². The lowest BCUT2D eigenvalue weighted by Gasteiger charge is -2.06. The molecule has 2 N–H and O–H groups in total. The first-order chi connectivity index (χ1) is 7.74. The van der Waals surface area contributed by atoms with Crippen molar-refractivity contribution in [2.45, 2.75) is 26.8 Å². The first-order valence-corrected chi connectivity index (χ1v) is 5.90. The molecule has 0 unspecified atom stereocenters. The van der Waals surface area contributed by atoms with E-state index in [0.29, 0.717) is 6.54 Å². The van der Waals surface area contributed by atoms with E-state index >= 15 is 0 Å². The average Bonchev–Trinajstić information content (AvgIpc) is 2.26. The van der Waals surface area contributed by atoms with E-state index < -0.39 is 0 Å². The van der Waals surface area contributed by atoms with Gasteiger partial charge in [0, 0.05) is 12.1 Å². The number of rotatable bonds is 7. The van der Waals surface area contributed by atoms with Gasteiger partial charge in [0.05, 0.1) is 0 Å². The molecule has 2 nitrogen and oxygen atoms in total. The van der Waals surface area contributed by atoms with E-state index in [0.717, 1.165) is 37.2 Å². The van der Waals surface area contributed by atoms with Crippen molar-refractivity contribution in [1.82, 2.24) is 10.6 Å². The van der Waals surface area contributed by atoms with Gasteiger partial charge < -0.3 is 10.6 Å². The highest BCUT2D eigenvalue weighted by Gasteiger charge is 2.00. The molecule has 3 heteroatoms. The number of hydrogen-bond donors (Lipinski definition) is 2. The fraction of sp³-hybridized carbons (Fsp3) is 0.538. The lowest BCUT2D eigenvalue weighted by Crippen LogP contribution is -2.21. The minimum Gasteiger partial charge on any atom is -0.317 e. The monoisotopic (exact) mass is 224 g/mol. The standard InChI is InChI=1S/C13H21FN2/c1-3-15-7-4-8-16-10-12-6-5-11(2)9-13(12)14/h5-6,9,15-16H,3-4,7-8,10H2,1-2H3. The maximum absolute atomic E-state index is 13.4. The molecule has 0 atom stereocenters. The normalized spacial score (nSPS) is 10.7. The van der Waals surface area contributed by atoms with Crippen LogP contribution in [0.2, 0.25) is 0 Å². The maximum atomic E-state index is 13.4. The van der Waals surface area contributed by atoms with Gasteiger partial charge in [0.15, 0.2) is 0 Å². The first-order valence-electron chi connectivity index (χ1n) is 5.90. The Morgan fingerprint density at radius 1 is 1.19 bits per heavy atom. The van der Waals surface area contributed by atoms with Crippen LogP contribution < -0.4 is 10.6 Å². The Kier molecular flexibility index (Phi) is 6.04. The van der Waals surface area contributed by atoms with Crippen LogP contribution in [0.5, 0.6) is 0 Å². The highest BCUT2D eigenvalue weighted by molar-refractivity contribution is 5.23. The molecule has 0 bridgehead atoms. The lowest BCUT2D eigenvalue weighted by atomic mass is 10.1. The van der Waals surface area contributed by atoms with Crippen molar-refractivity contribution in [3.63, 3.8) is 0 Å². The molecular formula is C13H21FN2. The minimum absolute atomic E-state index is 0.112. The van der Waals surface area contributed by atoms with Gasteiger partial charge in [0.25, 0.3) is 0 Å². The summed E-state index contributed by atoms with van der Waals surface area (Å²) in [6, 6.07) is 5.37. The molecule has 1 rings (SSSR count). The van der Waals surface area contributed by atoms with Crippen molar-refractivity contribution in [2.24, 2.45) is 0 Å². The van der Waals surface area contributed by atoms with E-state index in [1.807, 2.05) is 19.1 Å². The van der Waals surface area contributed by atoms with E-state index in [1.165, 1.54) is 0 Å². The largest absolute Gasteiger partial charge is 0.317 e. The van der Waals surface area contributed by atoms with Crippen LogP contribution in [0.25, 0.3) is 0 Å². The molecule has 0 saturated heterocycles. The summed E-state index contributed by atoms with van der Waals surface area (Å²) < 4.78 is 13.4. The molecule has 0 saturated carbocycles. The van der Waals surface area contributed by atoms with Crippen LogP contribution in [0.4, 0.5) is 4.39 Å². The predicted molar refractivity (Wildman–Crippen MR) is 66.0 cm³/mol. The van der Waals surface area contributed by atoms with E-state index in [4.69, 9.17) is 0 Å². The van der Waals surface area contributed by atoms with Gasteiger partial charge in [0.1, 0.15) is 5.82 Å². The van der Waals surface area contributed by atoms with Gasteiger partial charge in [-0.25, -0.2) is 4.39 Å². The maximum Gasteiger partial charge on any atom is 0.127 e. The Balaban J connectivity index is 2.21. The zero-order valence-electron chi connectivity index (χ0n) is 10.1. The first kappa shape index (κ1) is 13.1.